The van der Waals surface area contributed by atoms with Crippen LogP contribution in [0.4, 0.5) is 0 Å². The molecule has 16 heavy (non-hydrogen) atoms. The lowest BCUT2D eigenvalue weighted by Gasteiger charge is -2.19. The van der Waals surface area contributed by atoms with Crippen LogP contribution in [-0.2, 0) is 4.79 Å². The molecule has 0 heterocycles. The number of benzene rings is 1. The molecular formula is C13H17ClO2. The molecule has 1 aromatic carbocycles. The van der Waals surface area contributed by atoms with Gasteiger partial charge in [-0.3, -0.25) is 4.79 Å². The van der Waals surface area contributed by atoms with Crippen LogP contribution >= 0.6 is 11.6 Å². The van der Waals surface area contributed by atoms with Gasteiger partial charge < -0.3 is 4.74 Å². The molecule has 0 bridgehead atoms. The molecule has 0 aromatic heterocycles. The lowest BCUT2D eigenvalue weighted by atomic mass is 10.1. The fourth-order valence-electron chi connectivity index (χ4n) is 1.38. The number of hydrogen-bond donors (Lipinski definition) is 0. The van der Waals surface area contributed by atoms with Crippen molar-refractivity contribution in [2.45, 2.75) is 33.8 Å². The predicted molar refractivity (Wildman–Crippen MR) is 66.0 cm³/mol. The first-order valence-electron chi connectivity index (χ1n) is 5.35. The molecule has 0 N–H and O–H groups in total. The van der Waals surface area contributed by atoms with Gasteiger partial charge in [0.15, 0.2) is 6.10 Å². The van der Waals surface area contributed by atoms with Gasteiger partial charge in [0, 0.05) is 0 Å². The minimum absolute atomic E-state index is 0.0617. The Morgan fingerprint density at radius 2 is 1.88 bits per heavy atom. The first-order valence-corrected chi connectivity index (χ1v) is 5.73. The van der Waals surface area contributed by atoms with E-state index in [1.54, 1.807) is 0 Å². The van der Waals surface area contributed by atoms with E-state index in [1.807, 2.05) is 45.9 Å². The maximum Gasteiger partial charge on any atom is 0.262 e. The summed E-state index contributed by atoms with van der Waals surface area (Å²) in [5.41, 5.74) is 2.34. The summed E-state index contributed by atoms with van der Waals surface area (Å²) >= 11 is 5.50. The van der Waals surface area contributed by atoms with E-state index in [2.05, 4.69) is 0 Å². The molecule has 3 heteroatoms. The number of hydrogen-bond acceptors (Lipinski definition) is 2. The molecule has 1 rings (SSSR count). The lowest BCUT2D eigenvalue weighted by Crippen LogP contribution is -2.29. The highest BCUT2D eigenvalue weighted by Crippen LogP contribution is 2.20. The standard InChI is InChI=1S/C13H17ClO2/c1-8(2)12(13(14)15)16-11-6-5-9(3)10(4)7-11/h5-8,12H,1-4H3. The number of carbonyl (C=O) groups is 1. The van der Waals surface area contributed by atoms with Gasteiger partial charge in [-0.05, 0) is 54.6 Å². The van der Waals surface area contributed by atoms with E-state index in [0.717, 1.165) is 5.56 Å². The summed E-state index contributed by atoms with van der Waals surface area (Å²) in [4.78, 5) is 11.2. The van der Waals surface area contributed by atoms with Crippen LogP contribution in [0.25, 0.3) is 0 Å². The number of aryl methyl sites for hydroxylation is 2. The largest absolute Gasteiger partial charge is 0.481 e. The van der Waals surface area contributed by atoms with Gasteiger partial charge in [0.25, 0.3) is 5.24 Å². The molecule has 0 spiro atoms. The Kier molecular flexibility index (Phi) is 4.36. The Balaban J connectivity index is 2.86. The quantitative estimate of drug-likeness (QED) is 0.754. The van der Waals surface area contributed by atoms with Crippen LogP contribution in [0.1, 0.15) is 25.0 Å². The highest BCUT2D eigenvalue weighted by molar-refractivity contribution is 6.64. The van der Waals surface area contributed by atoms with Crippen molar-refractivity contribution in [3.05, 3.63) is 29.3 Å². The number of ether oxygens (including phenoxy) is 1. The summed E-state index contributed by atoms with van der Waals surface area (Å²) in [7, 11) is 0. The molecule has 0 aliphatic carbocycles. The maximum atomic E-state index is 11.2. The fraction of sp³-hybridized carbons (Fsp3) is 0.462. The third kappa shape index (κ3) is 3.24. The second-order valence-electron chi connectivity index (χ2n) is 4.33. The molecule has 1 atom stereocenters. The average Bonchev–Trinajstić information content (AvgIpc) is 2.18. The van der Waals surface area contributed by atoms with Gasteiger partial charge in [-0.25, -0.2) is 0 Å². The van der Waals surface area contributed by atoms with E-state index in [4.69, 9.17) is 16.3 Å². The van der Waals surface area contributed by atoms with E-state index in [9.17, 15) is 4.79 Å². The summed E-state index contributed by atoms with van der Waals surface area (Å²) < 4.78 is 5.59. The smallest absolute Gasteiger partial charge is 0.262 e. The van der Waals surface area contributed by atoms with Gasteiger partial charge in [-0.15, -0.1) is 0 Å². The van der Waals surface area contributed by atoms with Crippen molar-refractivity contribution in [3.63, 3.8) is 0 Å². The normalized spacial score (nSPS) is 12.6. The zero-order valence-electron chi connectivity index (χ0n) is 10.1. The first-order chi connectivity index (χ1) is 7.41. The Morgan fingerprint density at radius 1 is 1.25 bits per heavy atom. The van der Waals surface area contributed by atoms with Gasteiger partial charge in [0.2, 0.25) is 0 Å². The minimum atomic E-state index is -0.580. The van der Waals surface area contributed by atoms with Crippen molar-refractivity contribution in [1.82, 2.24) is 0 Å². The predicted octanol–water partition coefficient (Wildman–Crippen LogP) is 3.47. The summed E-state index contributed by atoms with van der Waals surface area (Å²) in [6, 6.07) is 5.75. The van der Waals surface area contributed by atoms with Gasteiger partial charge in [-0.2, -0.15) is 0 Å². The van der Waals surface area contributed by atoms with Crippen molar-refractivity contribution in [2.75, 3.05) is 0 Å². The van der Waals surface area contributed by atoms with Gasteiger partial charge in [0.1, 0.15) is 5.75 Å². The summed E-state index contributed by atoms with van der Waals surface area (Å²) in [5, 5.41) is -0.451. The first kappa shape index (κ1) is 13.0. The van der Waals surface area contributed by atoms with Crippen LogP contribution in [0.15, 0.2) is 18.2 Å². The molecule has 0 aliphatic heterocycles. The second-order valence-corrected chi connectivity index (χ2v) is 4.71. The third-order valence-corrected chi connectivity index (χ3v) is 2.79. The van der Waals surface area contributed by atoms with Crippen LogP contribution in [0.5, 0.6) is 5.75 Å². The number of rotatable bonds is 4. The molecule has 0 saturated carbocycles. The molecule has 0 saturated heterocycles. The van der Waals surface area contributed by atoms with Crippen LogP contribution in [0.3, 0.4) is 0 Å². The van der Waals surface area contributed by atoms with E-state index >= 15 is 0 Å². The average molecular weight is 241 g/mol. The van der Waals surface area contributed by atoms with E-state index in [1.165, 1.54) is 5.56 Å². The van der Waals surface area contributed by atoms with Crippen LogP contribution in [0, 0.1) is 19.8 Å². The van der Waals surface area contributed by atoms with Crippen LogP contribution in [-0.4, -0.2) is 11.3 Å². The Bertz CT molecular complexity index is 386. The van der Waals surface area contributed by atoms with Crippen LogP contribution in [0.2, 0.25) is 0 Å². The van der Waals surface area contributed by atoms with Gasteiger partial charge in [-0.1, -0.05) is 19.9 Å². The summed E-state index contributed by atoms with van der Waals surface area (Å²) in [5.74, 6) is 0.752. The third-order valence-electron chi connectivity index (χ3n) is 2.57. The maximum absolute atomic E-state index is 11.2. The minimum Gasteiger partial charge on any atom is -0.481 e. The van der Waals surface area contributed by atoms with Crippen molar-refractivity contribution in [2.24, 2.45) is 5.92 Å². The van der Waals surface area contributed by atoms with Crippen molar-refractivity contribution < 1.29 is 9.53 Å². The van der Waals surface area contributed by atoms with Crippen molar-refractivity contribution in [1.29, 1.82) is 0 Å². The summed E-state index contributed by atoms with van der Waals surface area (Å²) in [6.45, 7) is 7.86. The van der Waals surface area contributed by atoms with Gasteiger partial charge in [0.05, 0.1) is 0 Å². The lowest BCUT2D eigenvalue weighted by molar-refractivity contribution is -0.119. The van der Waals surface area contributed by atoms with E-state index < -0.39 is 11.3 Å². The molecular weight excluding hydrogens is 224 g/mol. The molecule has 88 valence electrons. The zero-order valence-corrected chi connectivity index (χ0v) is 10.8. The molecule has 1 aromatic rings. The van der Waals surface area contributed by atoms with E-state index in [-0.39, 0.29) is 5.92 Å². The SMILES string of the molecule is Cc1ccc(OC(C(=O)Cl)C(C)C)cc1C. The highest BCUT2D eigenvalue weighted by atomic mass is 35.5. The molecule has 0 fully saturated rings. The molecule has 1 unspecified atom stereocenters. The Hall–Kier alpha value is -1.02. The molecule has 0 amide bonds. The second kappa shape index (κ2) is 5.35. The Labute approximate surface area is 102 Å². The molecule has 0 radical (unpaired) electrons. The number of halogens is 1. The monoisotopic (exact) mass is 240 g/mol. The molecule has 2 nitrogen and oxygen atoms in total. The zero-order chi connectivity index (χ0) is 12.3. The summed E-state index contributed by atoms with van der Waals surface area (Å²) in [6.07, 6.45) is -0.580. The fourth-order valence-corrected chi connectivity index (χ4v) is 1.67. The van der Waals surface area contributed by atoms with Crippen LogP contribution < -0.4 is 4.74 Å². The highest BCUT2D eigenvalue weighted by Gasteiger charge is 2.22. The van der Waals surface area contributed by atoms with Crippen molar-refractivity contribution >= 4 is 16.8 Å². The number of carbonyl (C=O) groups excluding carboxylic acids is 1. The molecule has 0 aliphatic rings. The van der Waals surface area contributed by atoms with E-state index in [0.29, 0.717) is 5.75 Å². The van der Waals surface area contributed by atoms with Gasteiger partial charge >= 0.3 is 0 Å². The topological polar surface area (TPSA) is 26.3 Å². The van der Waals surface area contributed by atoms with Crippen molar-refractivity contribution in [3.8, 4) is 5.75 Å². The Morgan fingerprint density at radius 3 is 2.31 bits per heavy atom.